The molecule has 0 heterocycles. The van der Waals surface area contributed by atoms with Crippen LogP contribution in [0.3, 0.4) is 0 Å². The smallest absolute Gasteiger partial charge is 0.143 e. The standard InChI is InChI=1S/C20H32B2O/c1-2-23-18-13-12-17(19(21)20(18)22)16-10-8-15(9-11-16)14-6-4-3-5-7-14/h12-16H,2-11,21-22H2,1H3. The molecule has 3 heteroatoms. The van der Waals surface area contributed by atoms with E-state index < -0.39 is 0 Å². The Labute approximate surface area is 144 Å². The summed E-state index contributed by atoms with van der Waals surface area (Å²) in [5.74, 6) is 3.93. The Morgan fingerprint density at radius 2 is 1.52 bits per heavy atom. The molecule has 0 bridgehead atoms. The van der Waals surface area contributed by atoms with Gasteiger partial charge in [0.25, 0.3) is 0 Å². The Balaban J connectivity index is 1.64. The van der Waals surface area contributed by atoms with Crippen molar-refractivity contribution in [3.8, 4) is 5.75 Å². The topological polar surface area (TPSA) is 9.23 Å². The van der Waals surface area contributed by atoms with Crippen LogP contribution in [0.2, 0.25) is 0 Å². The fourth-order valence-corrected chi connectivity index (χ4v) is 5.08. The highest BCUT2D eigenvalue weighted by Crippen LogP contribution is 2.42. The lowest BCUT2D eigenvalue weighted by molar-refractivity contribution is 0.186. The van der Waals surface area contributed by atoms with E-state index in [1.54, 1.807) is 5.56 Å². The number of ether oxygens (including phenoxy) is 1. The minimum absolute atomic E-state index is 0.756. The highest BCUT2D eigenvalue weighted by Gasteiger charge is 2.29. The first kappa shape index (κ1) is 17.0. The summed E-state index contributed by atoms with van der Waals surface area (Å²) < 4.78 is 5.76. The molecule has 0 aliphatic heterocycles. The SMILES string of the molecule is Bc1c(OCC)ccc(C2CCC(C3CCCCC3)CC2)c1B. The zero-order valence-electron chi connectivity index (χ0n) is 15.4. The number of rotatable bonds is 4. The maximum absolute atomic E-state index is 5.76. The molecule has 2 aliphatic rings. The second-order valence-corrected chi connectivity index (χ2v) is 7.85. The molecule has 0 unspecified atom stereocenters. The molecular formula is C20H32B2O. The number of hydrogen-bond acceptors (Lipinski definition) is 1. The van der Waals surface area contributed by atoms with E-state index >= 15 is 0 Å². The highest BCUT2D eigenvalue weighted by molar-refractivity contribution is 6.50. The van der Waals surface area contributed by atoms with E-state index in [0.717, 1.165) is 30.1 Å². The zero-order valence-corrected chi connectivity index (χ0v) is 15.4. The van der Waals surface area contributed by atoms with E-state index in [4.69, 9.17) is 4.74 Å². The van der Waals surface area contributed by atoms with Gasteiger partial charge in [0.2, 0.25) is 0 Å². The monoisotopic (exact) mass is 310 g/mol. The minimum atomic E-state index is 0.756. The molecule has 2 saturated carbocycles. The quantitative estimate of drug-likeness (QED) is 0.776. The molecule has 1 aromatic rings. The fraction of sp³-hybridized carbons (Fsp3) is 0.700. The highest BCUT2D eigenvalue weighted by atomic mass is 16.5. The van der Waals surface area contributed by atoms with E-state index in [1.807, 2.05) is 0 Å². The molecule has 1 nitrogen and oxygen atoms in total. The molecular weight excluding hydrogens is 278 g/mol. The lowest BCUT2D eigenvalue weighted by Gasteiger charge is -2.36. The van der Waals surface area contributed by atoms with E-state index in [0.29, 0.717) is 0 Å². The summed E-state index contributed by atoms with van der Waals surface area (Å²) in [6.45, 7) is 2.82. The molecule has 0 atom stereocenters. The van der Waals surface area contributed by atoms with Gasteiger partial charge in [0.1, 0.15) is 21.4 Å². The van der Waals surface area contributed by atoms with Gasteiger partial charge >= 0.3 is 0 Å². The van der Waals surface area contributed by atoms with Crippen molar-refractivity contribution >= 4 is 26.6 Å². The van der Waals surface area contributed by atoms with Crippen LogP contribution in [0.25, 0.3) is 0 Å². The van der Waals surface area contributed by atoms with Crippen LogP contribution in [0.5, 0.6) is 5.75 Å². The molecule has 0 saturated heterocycles. The Morgan fingerprint density at radius 1 is 0.870 bits per heavy atom. The van der Waals surface area contributed by atoms with Crippen LogP contribution in [0.1, 0.15) is 76.2 Å². The fourth-order valence-electron chi connectivity index (χ4n) is 5.08. The van der Waals surface area contributed by atoms with Gasteiger partial charge in [-0.05, 0) is 56.4 Å². The van der Waals surface area contributed by atoms with Gasteiger partial charge in [0.15, 0.2) is 0 Å². The summed E-state index contributed by atoms with van der Waals surface area (Å²) >= 11 is 0. The van der Waals surface area contributed by atoms with Crippen molar-refractivity contribution in [3.63, 3.8) is 0 Å². The summed E-state index contributed by atoms with van der Waals surface area (Å²) in [6, 6.07) is 4.55. The predicted molar refractivity (Wildman–Crippen MR) is 105 cm³/mol. The molecule has 0 aromatic heterocycles. The summed E-state index contributed by atoms with van der Waals surface area (Å²) in [6.07, 6.45) is 13.2. The van der Waals surface area contributed by atoms with Crippen molar-refractivity contribution in [1.82, 2.24) is 0 Å². The second kappa shape index (κ2) is 7.81. The van der Waals surface area contributed by atoms with Crippen LogP contribution >= 0.6 is 0 Å². The van der Waals surface area contributed by atoms with Crippen LogP contribution in [-0.4, -0.2) is 22.3 Å². The molecule has 0 N–H and O–H groups in total. The van der Waals surface area contributed by atoms with Gasteiger partial charge in [-0.1, -0.05) is 54.7 Å². The minimum Gasteiger partial charge on any atom is -0.495 e. The number of hydrogen-bond donors (Lipinski definition) is 0. The molecule has 0 radical (unpaired) electrons. The third-order valence-electron chi connectivity index (χ3n) is 6.61. The summed E-state index contributed by atoms with van der Waals surface area (Å²) in [4.78, 5) is 0. The Hall–Kier alpha value is -0.850. The van der Waals surface area contributed by atoms with Gasteiger partial charge in [0.05, 0.1) is 6.61 Å². The normalized spacial score (nSPS) is 26.1. The van der Waals surface area contributed by atoms with Crippen molar-refractivity contribution in [2.45, 2.75) is 70.6 Å². The average molecular weight is 310 g/mol. The summed E-state index contributed by atoms with van der Waals surface area (Å²) in [5, 5.41) is 0. The Morgan fingerprint density at radius 3 is 2.17 bits per heavy atom. The van der Waals surface area contributed by atoms with Crippen LogP contribution in [-0.2, 0) is 0 Å². The van der Waals surface area contributed by atoms with Crippen LogP contribution in [0.4, 0.5) is 0 Å². The molecule has 2 fully saturated rings. The van der Waals surface area contributed by atoms with Gasteiger partial charge in [-0.3, -0.25) is 0 Å². The molecule has 1 aromatic carbocycles. The molecule has 2 aliphatic carbocycles. The van der Waals surface area contributed by atoms with E-state index in [-0.39, 0.29) is 0 Å². The first-order valence-corrected chi connectivity index (χ1v) is 9.93. The largest absolute Gasteiger partial charge is 0.495 e. The Bertz CT molecular complexity index is 515. The molecule has 23 heavy (non-hydrogen) atoms. The van der Waals surface area contributed by atoms with Crippen LogP contribution < -0.4 is 15.7 Å². The molecule has 124 valence electrons. The maximum Gasteiger partial charge on any atom is 0.143 e. The van der Waals surface area contributed by atoms with E-state index in [1.165, 1.54) is 68.7 Å². The van der Waals surface area contributed by atoms with E-state index in [2.05, 4.69) is 34.7 Å². The lowest BCUT2D eigenvalue weighted by Crippen LogP contribution is -2.33. The first-order chi connectivity index (χ1) is 11.2. The third kappa shape index (κ3) is 3.80. The maximum atomic E-state index is 5.76. The number of benzene rings is 1. The van der Waals surface area contributed by atoms with Crippen molar-refractivity contribution in [1.29, 1.82) is 0 Å². The van der Waals surface area contributed by atoms with Crippen molar-refractivity contribution in [2.24, 2.45) is 11.8 Å². The van der Waals surface area contributed by atoms with Gasteiger partial charge < -0.3 is 4.74 Å². The van der Waals surface area contributed by atoms with Gasteiger partial charge in [-0.25, -0.2) is 0 Å². The van der Waals surface area contributed by atoms with Crippen LogP contribution in [0.15, 0.2) is 12.1 Å². The first-order valence-electron chi connectivity index (χ1n) is 9.93. The second-order valence-electron chi connectivity index (χ2n) is 7.85. The summed E-state index contributed by atoms with van der Waals surface area (Å²) in [5.41, 5.74) is 4.41. The summed E-state index contributed by atoms with van der Waals surface area (Å²) in [7, 11) is 4.51. The van der Waals surface area contributed by atoms with Gasteiger partial charge in [0, 0.05) is 0 Å². The van der Waals surface area contributed by atoms with Gasteiger partial charge in [-0.2, -0.15) is 0 Å². The van der Waals surface area contributed by atoms with Crippen LogP contribution in [0, 0.1) is 11.8 Å². The van der Waals surface area contributed by atoms with Crippen molar-refractivity contribution < 1.29 is 4.74 Å². The molecule has 0 amide bonds. The predicted octanol–water partition coefficient (Wildman–Crippen LogP) is 2.46. The van der Waals surface area contributed by atoms with E-state index in [9.17, 15) is 0 Å². The lowest BCUT2D eigenvalue weighted by atomic mass is 9.67. The molecule has 3 rings (SSSR count). The molecule has 0 spiro atoms. The average Bonchev–Trinajstić information content (AvgIpc) is 2.60. The van der Waals surface area contributed by atoms with Crippen molar-refractivity contribution in [2.75, 3.05) is 6.61 Å². The Kier molecular flexibility index (Phi) is 5.77. The van der Waals surface area contributed by atoms with Crippen molar-refractivity contribution in [3.05, 3.63) is 17.7 Å². The van der Waals surface area contributed by atoms with Gasteiger partial charge in [-0.15, -0.1) is 0 Å². The zero-order chi connectivity index (χ0) is 16.2. The third-order valence-corrected chi connectivity index (χ3v) is 6.61.